The van der Waals surface area contributed by atoms with Crippen molar-refractivity contribution in [1.29, 1.82) is 0 Å². The van der Waals surface area contributed by atoms with Crippen LogP contribution in [0.25, 0.3) is 0 Å². The third-order valence-corrected chi connectivity index (χ3v) is 7.76. The zero-order valence-corrected chi connectivity index (χ0v) is 19.7. The lowest BCUT2D eigenvalue weighted by atomic mass is 9.53. The SMILES string of the molecule is CCOC(=O)CCCCO[C@H]1C=C[C@H]2[C@H]3Cc4ccc(OC(C)=O)c5c4[C@@]2(CCN3C)[C@H]1O5. The van der Waals surface area contributed by atoms with Crippen molar-refractivity contribution in [3.05, 3.63) is 35.4 Å². The molecule has 33 heavy (non-hydrogen) atoms. The number of likely N-dealkylation sites (tertiary alicyclic amines) is 1. The fraction of sp³-hybridized carbons (Fsp3) is 0.615. The van der Waals surface area contributed by atoms with Crippen molar-refractivity contribution in [2.24, 2.45) is 5.92 Å². The largest absolute Gasteiger partial charge is 0.482 e. The Bertz CT molecular complexity index is 974. The molecule has 0 radical (unpaired) electrons. The molecule has 2 aliphatic heterocycles. The van der Waals surface area contributed by atoms with Gasteiger partial charge < -0.3 is 23.8 Å². The predicted octanol–water partition coefficient (Wildman–Crippen LogP) is 3.18. The highest BCUT2D eigenvalue weighted by Crippen LogP contribution is 2.62. The topological polar surface area (TPSA) is 74.3 Å². The Hall–Kier alpha value is -2.38. The minimum Gasteiger partial charge on any atom is -0.482 e. The van der Waals surface area contributed by atoms with Crippen LogP contribution in [-0.4, -0.2) is 61.9 Å². The minimum absolute atomic E-state index is 0.153. The van der Waals surface area contributed by atoms with Crippen LogP contribution < -0.4 is 9.47 Å². The zero-order valence-electron chi connectivity index (χ0n) is 19.7. The molecule has 0 unspecified atom stereocenters. The van der Waals surface area contributed by atoms with Crippen LogP contribution in [0.2, 0.25) is 0 Å². The first-order chi connectivity index (χ1) is 16.0. The van der Waals surface area contributed by atoms with E-state index in [1.54, 1.807) is 0 Å². The molecule has 2 bridgehead atoms. The van der Waals surface area contributed by atoms with Crippen molar-refractivity contribution in [1.82, 2.24) is 4.90 Å². The second kappa shape index (κ2) is 8.76. The number of likely N-dealkylation sites (N-methyl/N-ethyl adjacent to an activating group) is 1. The van der Waals surface area contributed by atoms with Gasteiger partial charge in [0.1, 0.15) is 12.2 Å². The number of hydrogen-bond donors (Lipinski definition) is 0. The molecule has 0 saturated carbocycles. The van der Waals surface area contributed by atoms with Crippen molar-refractivity contribution < 1.29 is 28.5 Å². The fourth-order valence-corrected chi connectivity index (χ4v) is 6.41. The highest BCUT2D eigenvalue weighted by atomic mass is 16.6. The van der Waals surface area contributed by atoms with Crippen LogP contribution >= 0.6 is 0 Å². The van der Waals surface area contributed by atoms with E-state index in [0.717, 1.165) is 38.0 Å². The molecule has 5 atom stereocenters. The first kappa shape index (κ1) is 22.4. The summed E-state index contributed by atoms with van der Waals surface area (Å²) in [4.78, 5) is 25.8. The van der Waals surface area contributed by atoms with E-state index in [4.69, 9.17) is 18.9 Å². The van der Waals surface area contributed by atoms with Crippen molar-refractivity contribution in [2.75, 3.05) is 26.8 Å². The van der Waals surface area contributed by atoms with Gasteiger partial charge in [-0.25, -0.2) is 0 Å². The van der Waals surface area contributed by atoms with Gasteiger partial charge in [-0.3, -0.25) is 9.59 Å². The maximum Gasteiger partial charge on any atom is 0.308 e. The van der Waals surface area contributed by atoms with Gasteiger partial charge in [-0.15, -0.1) is 0 Å². The molecule has 7 nitrogen and oxygen atoms in total. The monoisotopic (exact) mass is 455 g/mol. The summed E-state index contributed by atoms with van der Waals surface area (Å²) in [5.74, 6) is 1.07. The summed E-state index contributed by atoms with van der Waals surface area (Å²) in [7, 11) is 2.21. The summed E-state index contributed by atoms with van der Waals surface area (Å²) in [5.41, 5.74) is 2.35. The number of hydrogen-bond acceptors (Lipinski definition) is 7. The summed E-state index contributed by atoms with van der Waals surface area (Å²) in [5, 5.41) is 0. The number of carbonyl (C=O) groups excluding carboxylic acids is 2. The lowest BCUT2D eigenvalue weighted by molar-refractivity contribution is -0.143. The Balaban J connectivity index is 1.40. The second-order valence-electron chi connectivity index (χ2n) is 9.61. The van der Waals surface area contributed by atoms with Crippen LogP contribution in [0, 0.1) is 5.92 Å². The maximum atomic E-state index is 11.7. The van der Waals surface area contributed by atoms with Gasteiger partial charge in [0.15, 0.2) is 11.5 Å². The number of carbonyl (C=O) groups is 2. The average Bonchev–Trinajstić information content (AvgIpc) is 3.13. The van der Waals surface area contributed by atoms with Gasteiger partial charge >= 0.3 is 11.9 Å². The van der Waals surface area contributed by atoms with Gasteiger partial charge in [0.25, 0.3) is 0 Å². The lowest BCUT2D eigenvalue weighted by Crippen LogP contribution is -2.65. The van der Waals surface area contributed by atoms with E-state index in [0.29, 0.717) is 37.3 Å². The number of rotatable bonds is 8. The van der Waals surface area contributed by atoms with Gasteiger partial charge in [0.05, 0.1) is 6.61 Å². The first-order valence-corrected chi connectivity index (χ1v) is 12.1. The fourth-order valence-electron chi connectivity index (χ4n) is 6.41. The number of benzene rings is 1. The lowest BCUT2D eigenvalue weighted by Gasteiger charge is -2.56. The molecule has 1 aromatic rings. The normalized spacial score (nSPS) is 31.0. The van der Waals surface area contributed by atoms with E-state index in [9.17, 15) is 9.59 Å². The molecule has 5 rings (SSSR count). The van der Waals surface area contributed by atoms with Crippen LogP contribution in [0.15, 0.2) is 24.3 Å². The Morgan fingerprint density at radius 3 is 2.88 bits per heavy atom. The Kier molecular flexibility index (Phi) is 5.95. The van der Waals surface area contributed by atoms with E-state index >= 15 is 0 Å². The van der Waals surface area contributed by atoms with Crippen molar-refractivity contribution in [3.8, 4) is 11.5 Å². The second-order valence-corrected chi connectivity index (χ2v) is 9.61. The molecule has 0 N–H and O–H groups in total. The minimum atomic E-state index is -0.344. The molecule has 0 aromatic heterocycles. The molecule has 1 saturated heterocycles. The van der Waals surface area contributed by atoms with Crippen LogP contribution in [0.1, 0.15) is 50.7 Å². The highest BCUT2D eigenvalue weighted by molar-refractivity contribution is 5.72. The molecule has 4 aliphatic rings. The number of ether oxygens (including phenoxy) is 4. The average molecular weight is 456 g/mol. The molecule has 1 aromatic carbocycles. The van der Waals surface area contributed by atoms with Crippen LogP contribution in [-0.2, 0) is 30.9 Å². The number of esters is 2. The number of piperidine rings is 1. The molecular formula is C26H33NO6. The van der Waals surface area contributed by atoms with Crippen LogP contribution in [0.3, 0.4) is 0 Å². The van der Waals surface area contributed by atoms with Crippen LogP contribution in [0.5, 0.6) is 11.5 Å². The first-order valence-electron chi connectivity index (χ1n) is 12.1. The maximum absolute atomic E-state index is 11.7. The quantitative estimate of drug-likeness (QED) is 0.258. The Labute approximate surface area is 195 Å². The van der Waals surface area contributed by atoms with Crippen molar-refractivity contribution in [3.63, 3.8) is 0 Å². The van der Waals surface area contributed by atoms with Crippen LogP contribution in [0.4, 0.5) is 0 Å². The highest BCUT2D eigenvalue weighted by Gasteiger charge is 2.64. The zero-order chi connectivity index (χ0) is 23.2. The van der Waals surface area contributed by atoms with Gasteiger partial charge in [0.2, 0.25) is 0 Å². The molecule has 2 heterocycles. The Morgan fingerprint density at radius 1 is 1.24 bits per heavy atom. The molecule has 178 valence electrons. The third-order valence-electron chi connectivity index (χ3n) is 7.76. The molecule has 0 amide bonds. The summed E-state index contributed by atoms with van der Waals surface area (Å²) >= 11 is 0. The molecule has 2 aliphatic carbocycles. The summed E-state index contributed by atoms with van der Waals surface area (Å²) in [6.45, 7) is 5.21. The molecule has 7 heteroatoms. The van der Waals surface area contributed by atoms with Gasteiger partial charge in [0, 0.05) is 42.9 Å². The molecule has 1 spiro atoms. The van der Waals surface area contributed by atoms with E-state index in [2.05, 4.69) is 30.2 Å². The number of unbranched alkanes of at least 4 members (excludes halogenated alkanes) is 1. The smallest absolute Gasteiger partial charge is 0.308 e. The molecular weight excluding hydrogens is 422 g/mol. The summed E-state index contributed by atoms with van der Waals surface area (Å²) in [6.07, 6.45) is 8.04. The van der Waals surface area contributed by atoms with E-state index in [-0.39, 0.29) is 29.6 Å². The van der Waals surface area contributed by atoms with E-state index in [1.165, 1.54) is 18.1 Å². The summed E-state index contributed by atoms with van der Waals surface area (Å²) < 4.78 is 23.5. The predicted molar refractivity (Wildman–Crippen MR) is 121 cm³/mol. The van der Waals surface area contributed by atoms with Gasteiger partial charge in [-0.05, 0) is 57.8 Å². The van der Waals surface area contributed by atoms with E-state index in [1.807, 2.05) is 13.0 Å². The molecule has 1 fully saturated rings. The van der Waals surface area contributed by atoms with Crippen molar-refractivity contribution >= 4 is 11.9 Å². The number of nitrogens with zero attached hydrogens (tertiary/aromatic N) is 1. The van der Waals surface area contributed by atoms with Gasteiger partial charge in [-0.2, -0.15) is 0 Å². The third kappa shape index (κ3) is 3.66. The Morgan fingerprint density at radius 2 is 2.09 bits per heavy atom. The van der Waals surface area contributed by atoms with E-state index < -0.39 is 0 Å². The van der Waals surface area contributed by atoms with Gasteiger partial charge in [-0.1, -0.05) is 18.2 Å². The standard InChI is InChI=1S/C26H33NO6/c1-4-30-22(29)7-5-6-14-31-21-11-9-18-19-15-17-8-10-20(32-16(2)28)24-23(17)26(18,25(21)33-24)12-13-27(19)3/h8-11,18-19,21,25H,4-7,12-15H2,1-3H3/t18-,19+,21-,25-,26-/m0/s1. The summed E-state index contributed by atoms with van der Waals surface area (Å²) in [6, 6.07) is 4.40. The van der Waals surface area contributed by atoms with Crippen molar-refractivity contribution in [2.45, 2.75) is 69.6 Å².